The van der Waals surface area contributed by atoms with E-state index in [1.165, 1.54) is 0 Å². The van der Waals surface area contributed by atoms with Crippen molar-refractivity contribution in [3.63, 3.8) is 0 Å². The lowest BCUT2D eigenvalue weighted by molar-refractivity contribution is 0.102. The van der Waals surface area contributed by atoms with Crippen LogP contribution < -0.4 is 11.1 Å². The van der Waals surface area contributed by atoms with Crippen molar-refractivity contribution in [1.29, 1.82) is 0 Å². The Labute approximate surface area is 124 Å². The van der Waals surface area contributed by atoms with E-state index in [1.807, 2.05) is 25.1 Å². The minimum Gasteiger partial charge on any atom is -0.399 e. The molecule has 0 aromatic heterocycles. The van der Waals surface area contributed by atoms with Crippen LogP contribution in [0.5, 0.6) is 0 Å². The summed E-state index contributed by atoms with van der Waals surface area (Å²) in [6, 6.07) is 10.4. The Morgan fingerprint density at radius 1 is 1.32 bits per heavy atom. The van der Waals surface area contributed by atoms with Gasteiger partial charge in [-0.05, 0) is 52.7 Å². The topological polar surface area (TPSA) is 55.1 Å². The van der Waals surface area contributed by atoms with Crippen LogP contribution >= 0.6 is 27.5 Å². The number of rotatable bonds is 2. The molecule has 2 aromatic carbocycles. The molecule has 0 aliphatic carbocycles. The molecule has 0 unspecified atom stereocenters. The number of amides is 1. The van der Waals surface area contributed by atoms with Gasteiger partial charge < -0.3 is 11.1 Å². The lowest BCUT2D eigenvalue weighted by Gasteiger charge is -2.09. The van der Waals surface area contributed by atoms with E-state index in [4.69, 9.17) is 17.3 Å². The maximum Gasteiger partial charge on any atom is 0.255 e. The van der Waals surface area contributed by atoms with E-state index < -0.39 is 0 Å². The third-order valence-electron chi connectivity index (χ3n) is 2.62. The zero-order valence-electron chi connectivity index (χ0n) is 10.2. The molecular weight excluding hydrogens is 328 g/mol. The highest BCUT2D eigenvalue weighted by Crippen LogP contribution is 2.26. The number of carbonyl (C=O) groups excluding carboxylic acids is 1. The molecule has 0 atom stereocenters. The van der Waals surface area contributed by atoms with Crippen LogP contribution in [0.1, 0.15) is 15.9 Å². The summed E-state index contributed by atoms with van der Waals surface area (Å²) in [6.45, 7) is 1.96. The first-order valence-electron chi connectivity index (χ1n) is 5.60. The number of carbonyl (C=O) groups is 1. The fourth-order valence-corrected chi connectivity index (χ4v) is 2.29. The fourth-order valence-electron chi connectivity index (χ4n) is 1.68. The van der Waals surface area contributed by atoms with Gasteiger partial charge in [0.1, 0.15) is 0 Å². The second-order valence-electron chi connectivity index (χ2n) is 4.16. The van der Waals surface area contributed by atoms with Crippen molar-refractivity contribution in [1.82, 2.24) is 0 Å². The van der Waals surface area contributed by atoms with Crippen LogP contribution in [0.25, 0.3) is 0 Å². The Kier molecular flexibility index (Phi) is 4.12. The monoisotopic (exact) mass is 338 g/mol. The Morgan fingerprint density at radius 3 is 2.74 bits per heavy atom. The minimum atomic E-state index is -0.250. The van der Waals surface area contributed by atoms with E-state index in [1.54, 1.807) is 18.2 Å². The van der Waals surface area contributed by atoms with Crippen molar-refractivity contribution < 1.29 is 4.79 Å². The molecule has 0 saturated heterocycles. The highest BCUT2D eigenvalue weighted by atomic mass is 79.9. The van der Waals surface area contributed by atoms with Gasteiger partial charge in [0.05, 0.1) is 5.69 Å². The van der Waals surface area contributed by atoms with Crippen molar-refractivity contribution in [2.45, 2.75) is 6.92 Å². The molecule has 0 saturated carbocycles. The van der Waals surface area contributed by atoms with Gasteiger partial charge in [-0.2, -0.15) is 0 Å². The molecule has 3 N–H and O–H groups in total. The summed E-state index contributed by atoms with van der Waals surface area (Å²) < 4.78 is 0.860. The van der Waals surface area contributed by atoms with Gasteiger partial charge in [0, 0.05) is 20.7 Å². The Hall–Kier alpha value is -1.52. The number of nitrogens with two attached hydrogens (primary N) is 1. The van der Waals surface area contributed by atoms with Gasteiger partial charge in [-0.3, -0.25) is 4.79 Å². The first-order chi connectivity index (χ1) is 8.97. The highest BCUT2D eigenvalue weighted by molar-refractivity contribution is 9.10. The van der Waals surface area contributed by atoms with Crippen LogP contribution in [0.3, 0.4) is 0 Å². The molecule has 98 valence electrons. The number of aryl methyl sites for hydroxylation is 1. The molecule has 0 spiro atoms. The second kappa shape index (κ2) is 5.63. The average Bonchev–Trinajstić information content (AvgIpc) is 2.33. The van der Waals surface area contributed by atoms with Gasteiger partial charge in [-0.25, -0.2) is 0 Å². The van der Waals surface area contributed by atoms with Gasteiger partial charge in [0.2, 0.25) is 0 Å². The molecule has 0 bridgehead atoms. The van der Waals surface area contributed by atoms with Crippen molar-refractivity contribution in [2.24, 2.45) is 0 Å². The third kappa shape index (κ3) is 3.28. The summed E-state index contributed by atoms with van der Waals surface area (Å²) >= 11 is 9.33. The average molecular weight is 340 g/mol. The third-order valence-corrected chi connectivity index (χ3v) is 3.89. The predicted octanol–water partition coefficient (Wildman–Crippen LogP) is 4.25. The SMILES string of the molecule is Cc1cccc(NC(=O)c2cc(N)cc(Cl)c2)c1Br. The second-order valence-corrected chi connectivity index (χ2v) is 5.39. The number of anilines is 2. The first kappa shape index (κ1) is 13.9. The summed E-state index contributed by atoms with van der Waals surface area (Å²) in [5, 5.41) is 3.26. The normalized spacial score (nSPS) is 10.3. The molecule has 0 aliphatic rings. The lowest BCUT2D eigenvalue weighted by Crippen LogP contribution is -2.12. The Morgan fingerprint density at radius 2 is 2.05 bits per heavy atom. The van der Waals surface area contributed by atoms with Crippen molar-refractivity contribution in [2.75, 3.05) is 11.1 Å². The molecule has 0 fully saturated rings. The predicted molar refractivity (Wildman–Crippen MR) is 82.7 cm³/mol. The number of nitrogen functional groups attached to an aromatic ring is 1. The molecular formula is C14H12BrClN2O. The maximum atomic E-state index is 12.1. The number of hydrogen-bond acceptors (Lipinski definition) is 2. The van der Waals surface area contributed by atoms with E-state index in [9.17, 15) is 4.79 Å². The Balaban J connectivity index is 2.28. The Bertz CT molecular complexity index is 623. The summed E-state index contributed by atoms with van der Waals surface area (Å²) in [4.78, 5) is 12.1. The van der Waals surface area contributed by atoms with E-state index in [2.05, 4.69) is 21.2 Å². The van der Waals surface area contributed by atoms with E-state index >= 15 is 0 Å². The molecule has 0 aliphatic heterocycles. The largest absolute Gasteiger partial charge is 0.399 e. The fraction of sp³-hybridized carbons (Fsp3) is 0.0714. The van der Waals surface area contributed by atoms with Gasteiger partial charge in [-0.15, -0.1) is 0 Å². The molecule has 5 heteroatoms. The smallest absolute Gasteiger partial charge is 0.255 e. The molecule has 2 aromatic rings. The number of benzene rings is 2. The standard InChI is InChI=1S/C14H12BrClN2O/c1-8-3-2-4-12(13(8)15)18-14(19)9-5-10(16)7-11(17)6-9/h2-7H,17H2,1H3,(H,18,19). The first-order valence-corrected chi connectivity index (χ1v) is 6.77. The molecule has 0 radical (unpaired) electrons. The van der Waals surface area contributed by atoms with Gasteiger partial charge in [0.25, 0.3) is 5.91 Å². The van der Waals surface area contributed by atoms with Gasteiger partial charge in [0.15, 0.2) is 0 Å². The number of hydrogen-bond donors (Lipinski definition) is 2. The maximum absolute atomic E-state index is 12.1. The van der Waals surface area contributed by atoms with Crippen LogP contribution in [0, 0.1) is 6.92 Å². The van der Waals surface area contributed by atoms with Crippen LogP contribution in [0.4, 0.5) is 11.4 Å². The molecule has 1 amide bonds. The zero-order chi connectivity index (χ0) is 14.0. The lowest BCUT2D eigenvalue weighted by atomic mass is 10.1. The van der Waals surface area contributed by atoms with Crippen molar-refractivity contribution in [3.8, 4) is 0 Å². The van der Waals surface area contributed by atoms with Crippen molar-refractivity contribution >= 4 is 44.8 Å². The summed E-state index contributed by atoms with van der Waals surface area (Å²) in [6.07, 6.45) is 0. The van der Waals surface area contributed by atoms with Gasteiger partial charge in [-0.1, -0.05) is 23.7 Å². The van der Waals surface area contributed by atoms with Crippen molar-refractivity contribution in [3.05, 3.63) is 57.0 Å². The molecule has 19 heavy (non-hydrogen) atoms. The van der Waals surface area contributed by atoms with Gasteiger partial charge >= 0.3 is 0 Å². The van der Waals surface area contributed by atoms with Crippen LogP contribution in [-0.4, -0.2) is 5.91 Å². The minimum absolute atomic E-state index is 0.250. The molecule has 2 rings (SSSR count). The van der Waals surface area contributed by atoms with Crippen LogP contribution in [0.2, 0.25) is 5.02 Å². The van der Waals surface area contributed by atoms with Crippen LogP contribution in [0.15, 0.2) is 40.9 Å². The number of nitrogens with one attached hydrogen (secondary N) is 1. The van der Waals surface area contributed by atoms with E-state index in [-0.39, 0.29) is 5.91 Å². The van der Waals surface area contributed by atoms with Crippen LogP contribution in [-0.2, 0) is 0 Å². The molecule has 3 nitrogen and oxygen atoms in total. The highest BCUT2D eigenvalue weighted by Gasteiger charge is 2.10. The zero-order valence-corrected chi connectivity index (χ0v) is 12.5. The summed E-state index contributed by atoms with van der Waals surface area (Å²) in [5.41, 5.74) is 8.32. The van der Waals surface area contributed by atoms with E-state index in [0.29, 0.717) is 22.0 Å². The number of halogens is 2. The molecule has 0 heterocycles. The quantitative estimate of drug-likeness (QED) is 0.804. The summed E-state index contributed by atoms with van der Waals surface area (Å²) in [7, 11) is 0. The van der Waals surface area contributed by atoms with E-state index in [0.717, 1.165) is 10.0 Å². The summed E-state index contributed by atoms with van der Waals surface area (Å²) in [5.74, 6) is -0.250.